The Balaban J connectivity index is 1.65. The monoisotopic (exact) mass is 333 g/mol. The van der Waals surface area contributed by atoms with Crippen molar-refractivity contribution in [3.05, 3.63) is 76.2 Å². The first-order valence-corrected chi connectivity index (χ1v) is 7.72. The average molecular weight is 334 g/mol. The van der Waals surface area contributed by atoms with Crippen LogP contribution >= 0.6 is 23.2 Å². The van der Waals surface area contributed by atoms with E-state index >= 15 is 0 Å². The number of furan rings is 1. The van der Waals surface area contributed by atoms with E-state index in [1.807, 2.05) is 30.5 Å². The molecule has 0 radical (unpaired) electrons. The maximum absolute atomic E-state index is 6.19. The highest BCUT2D eigenvalue weighted by Gasteiger charge is 2.10. The van der Waals surface area contributed by atoms with E-state index in [9.17, 15) is 0 Å². The molecule has 112 valence electrons. The molecule has 2 N–H and O–H groups in total. The summed E-state index contributed by atoms with van der Waals surface area (Å²) in [5.74, 6) is 1.63. The Morgan fingerprint density at radius 2 is 1.95 bits per heavy atom. The standard InChI is InChI=1S/C17H14Cl2N2O/c18-13-3-5-16(19)15(8-13)17-6-4-14(22-17)11-21-10-12-2-1-7-20-9-12/h1-9,21H,10-11H2/p+1. The molecule has 0 spiro atoms. The smallest absolute Gasteiger partial charge is 0.158 e. The van der Waals surface area contributed by atoms with E-state index in [0.717, 1.165) is 30.2 Å². The third-order valence-corrected chi connectivity index (χ3v) is 3.87. The van der Waals surface area contributed by atoms with Crippen molar-refractivity contribution < 1.29 is 9.73 Å². The fraction of sp³-hybridized carbons (Fsp3) is 0.118. The molecule has 3 rings (SSSR count). The van der Waals surface area contributed by atoms with Crippen LogP contribution in [0.2, 0.25) is 10.0 Å². The molecule has 0 amide bonds. The van der Waals surface area contributed by atoms with Crippen molar-refractivity contribution in [1.29, 1.82) is 0 Å². The number of hydrogen-bond donors (Lipinski definition) is 1. The molecule has 0 fully saturated rings. The van der Waals surface area contributed by atoms with E-state index in [0.29, 0.717) is 10.0 Å². The van der Waals surface area contributed by atoms with Gasteiger partial charge in [0, 0.05) is 28.5 Å². The maximum Gasteiger partial charge on any atom is 0.158 e. The van der Waals surface area contributed by atoms with E-state index in [-0.39, 0.29) is 0 Å². The second-order valence-electron chi connectivity index (χ2n) is 4.95. The van der Waals surface area contributed by atoms with Crippen LogP contribution in [0.1, 0.15) is 11.3 Å². The van der Waals surface area contributed by atoms with Crippen LogP contribution in [0.25, 0.3) is 11.3 Å². The van der Waals surface area contributed by atoms with Gasteiger partial charge in [0.2, 0.25) is 0 Å². The molecule has 2 heterocycles. The van der Waals surface area contributed by atoms with Gasteiger partial charge in [-0.3, -0.25) is 4.98 Å². The highest BCUT2D eigenvalue weighted by molar-refractivity contribution is 6.35. The van der Waals surface area contributed by atoms with Gasteiger partial charge in [-0.2, -0.15) is 0 Å². The van der Waals surface area contributed by atoms with Crippen LogP contribution in [0, 0.1) is 0 Å². The van der Waals surface area contributed by atoms with E-state index in [4.69, 9.17) is 27.6 Å². The van der Waals surface area contributed by atoms with Crippen molar-refractivity contribution in [2.24, 2.45) is 0 Å². The Morgan fingerprint density at radius 1 is 1.05 bits per heavy atom. The molecule has 0 aliphatic rings. The zero-order valence-corrected chi connectivity index (χ0v) is 13.3. The number of halogens is 2. The predicted molar refractivity (Wildman–Crippen MR) is 87.7 cm³/mol. The summed E-state index contributed by atoms with van der Waals surface area (Å²) in [5, 5.41) is 3.43. The fourth-order valence-corrected chi connectivity index (χ4v) is 2.60. The van der Waals surface area contributed by atoms with Gasteiger partial charge in [0.05, 0.1) is 5.02 Å². The summed E-state index contributed by atoms with van der Waals surface area (Å²) in [4.78, 5) is 4.10. The van der Waals surface area contributed by atoms with Crippen LogP contribution in [0.5, 0.6) is 0 Å². The molecule has 3 aromatic rings. The first-order chi connectivity index (χ1) is 10.7. The van der Waals surface area contributed by atoms with Gasteiger partial charge in [0.1, 0.15) is 18.8 Å². The lowest BCUT2D eigenvalue weighted by Crippen LogP contribution is -2.80. The number of nitrogens with two attached hydrogens (primary N) is 1. The van der Waals surface area contributed by atoms with Gasteiger partial charge < -0.3 is 9.73 Å². The van der Waals surface area contributed by atoms with Gasteiger partial charge in [0.25, 0.3) is 0 Å². The molecule has 5 heteroatoms. The third kappa shape index (κ3) is 3.69. The summed E-state index contributed by atoms with van der Waals surface area (Å²) in [6.45, 7) is 1.62. The normalized spacial score (nSPS) is 10.8. The van der Waals surface area contributed by atoms with Gasteiger partial charge in [-0.05, 0) is 36.4 Å². The summed E-state index contributed by atoms with van der Waals surface area (Å²) in [6.07, 6.45) is 3.65. The van der Waals surface area contributed by atoms with Gasteiger partial charge in [-0.1, -0.05) is 29.3 Å². The summed E-state index contributed by atoms with van der Waals surface area (Å²) >= 11 is 12.2. The van der Waals surface area contributed by atoms with Crippen LogP contribution in [-0.4, -0.2) is 4.98 Å². The number of benzene rings is 1. The maximum atomic E-state index is 6.19. The van der Waals surface area contributed by atoms with E-state index in [1.54, 1.807) is 18.3 Å². The van der Waals surface area contributed by atoms with Crippen molar-refractivity contribution in [2.75, 3.05) is 0 Å². The second kappa shape index (κ2) is 6.97. The molecule has 1 aromatic carbocycles. The van der Waals surface area contributed by atoms with Crippen molar-refractivity contribution in [1.82, 2.24) is 4.98 Å². The quantitative estimate of drug-likeness (QED) is 0.769. The number of aromatic nitrogens is 1. The first-order valence-electron chi connectivity index (χ1n) is 6.97. The summed E-state index contributed by atoms with van der Waals surface area (Å²) in [6, 6.07) is 13.2. The molecular formula is C17H15Cl2N2O+. The largest absolute Gasteiger partial charge is 0.455 e. The van der Waals surface area contributed by atoms with Gasteiger partial charge in [-0.25, -0.2) is 0 Å². The molecule has 0 atom stereocenters. The zero-order valence-electron chi connectivity index (χ0n) is 11.8. The number of pyridine rings is 1. The van der Waals surface area contributed by atoms with Crippen LogP contribution in [-0.2, 0) is 13.1 Å². The Kier molecular flexibility index (Phi) is 4.78. The number of hydrogen-bond acceptors (Lipinski definition) is 2. The first kappa shape index (κ1) is 15.1. The molecule has 0 aliphatic heterocycles. The Bertz CT molecular complexity index is 756. The molecule has 0 unspecified atom stereocenters. The second-order valence-corrected chi connectivity index (χ2v) is 5.79. The van der Waals surface area contributed by atoms with Gasteiger partial charge in [0.15, 0.2) is 5.76 Å². The zero-order chi connectivity index (χ0) is 15.4. The van der Waals surface area contributed by atoms with E-state index < -0.39 is 0 Å². The van der Waals surface area contributed by atoms with E-state index in [1.165, 1.54) is 5.56 Å². The van der Waals surface area contributed by atoms with Crippen molar-refractivity contribution in [3.63, 3.8) is 0 Å². The molecule has 0 bridgehead atoms. The lowest BCUT2D eigenvalue weighted by molar-refractivity contribution is -0.688. The van der Waals surface area contributed by atoms with Crippen molar-refractivity contribution in [2.45, 2.75) is 13.1 Å². The van der Waals surface area contributed by atoms with E-state index in [2.05, 4.69) is 16.4 Å². The van der Waals surface area contributed by atoms with Crippen LogP contribution < -0.4 is 5.32 Å². The number of rotatable bonds is 5. The molecule has 0 aliphatic carbocycles. The molecule has 3 nitrogen and oxygen atoms in total. The van der Waals surface area contributed by atoms with Crippen molar-refractivity contribution >= 4 is 23.2 Å². The average Bonchev–Trinajstić information content (AvgIpc) is 2.99. The number of quaternary nitrogens is 1. The van der Waals surface area contributed by atoms with Crippen molar-refractivity contribution in [3.8, 4) is 11.3 Å². The topological polar surface area (TPSA) is 42.6 Å². The minimum absolute atomic E-state index is 0.629. The van der Waals surface area contributed by atoms with Crippen LogP contribution in [0.15, 0.2) is 59.3 Å². The SMILES string of the molecule is Clc1ccc(Cl)c(-c2ccc(C[NH2+]Cc3cccnc3)o2)c1. The molecular weight excluding hydrogens is 319 g/mol. The summed E-state index contributed by atoms with van der Waals surface area (Å²) in [5.41, 5.74) is 2.00. The minimum Gasteiger partial charge on any atom is -0.455 e. The lowest BCUT2D eigenvalue weighted by Gasteiger charge is -2.02. The highest BCUT2D eigenvalue weighted by Crippen LogP contribution is 2.31. The number of nitrogens with zero attached hydrogens (tertiary/aromatic N) is 1. The lowest BCUT2D eigenvalue weighted by atomic mass is 10.2. The molecule has 0 saturated carbocycles. The molecule has 22 heavy (non-hydrogen) atoms. The fourth-order valence-electron chi connectivity index (χ4n) is 2.22. The Labute approximate surface area is 138 Å². The van der Waals surface area contributed by atoms with Crippen LogP contribution in [0.3, 0.4) is 0 Å². The molecule has 0 saturated heterocycles. The van der Waals surface area contributed by atoms with Gasteiger partial charge >= 0.3 is 0 Å². The predicted octanol–water partition coefficient (Wildman–Crippen LogP) is 3.91. The third-order valence-electron chi connectivity index (χ3n) is 3.30. The summed E-state index contributed by atoms with van der Waals surface area (Å²) < 4.78 is 5.85. The highest BCUT2D eigenvalue weighted by atomic mass is 35.5. The van der Waals surface area contributed by atoms with Crippen LogP contribution in [0.4, 0.5) is 0 Å². The Hall–Kier alpha value is -1.81. The Morgan fingerprint density at radius 3 is 2.77 bits per heavy atom. The molecule has 2 aromatic heterocycles. The van der Waals surface area contributed by atoms with Gasteiger partial charge in [-0.15, -0.1) is 0 Å². The minimum atomic E-state index is 0.629. The summed E-state index contributed by atoms with van der Waals surface area (Å²) in [7, 11) is 0.